The van der Waals surface area contributed by atoms with E-state index in [2.05, 4.69) is 14.9 Å². The summed E-state index contributed by atoms with van der Waals surface area (Å²) in [6.07, 6.45) is 0.930. The van der Waals surface area contributed by atoms with Crippen molar-refractivity contribution in [1.82, 2.24) is 19.8 Å². The number of carbonyl (C=O) groups is 1. The molecule has 3 rings (SSSR count). The fraction of sp³-hybridized carbons (Fsp3) is 0.611. The molecule has 0 aliphatic carbocycles. The first-order valence-corrected chi connectivity index (χ1v) is 10.7. The van der Waals surface area contributed by atoms with Gasteiger partial charge in [0.05, 0.1) is 10.8 Å². The average Bonchev–Trinajstić information content (AvgIpc) is 3.17. The first-order valence-electron chi connectivity index (χ1n) is 9.24. The number of aryl methyl sites for hydroxylation is 1. The molecule has 0 spiro atoms. The third-order valence-corrected chi connectivity index (χ3v) is 6.62. The Labute approximate surface area is 180 Å². The summed E-state index contributed by atoms with van der Waals surface area (Å²) in [5.74, 6) is 0.387. The van der Waals surface area contributed by atoms with E-state index in [1.807, 2.05) is 11.8 Å². The van der Waals surface area contributed by atoms with E-state index in [4.69, 9.17) is 0 Å². The second-order valence-electron chi connectivity index (χ2n) is 7.07. The van der Waals surface area contributed by atoms with Gasteiger partial charge in [-0.05, 0) is 32.0 Å². The highest BCUT2D eigenvalue weighted by atomic mass is 35.5. The summed E-state index contributed by atoms with van der Waals surface area (Å²) in [6.45, 7) is 7.69. The highest BCUT2D eigenvalue weighted by Crippen LogP contribution is 2.14. The molecule has 0 bridgehead atoms. The standard InChI is InChI=1S/C18H28N4O3S.2ClH/c1-15-2-4-17(5-3-15)26(24,25)20-8-9-21-10-12-22(13-11-21)18(23)16-6-7-19-14-16;;/h2-5,16,19-20H,6-14H2,1H3;2*1H. The predicted octanol–water partition coefficient (Wildman–Crippen LogP) is 0.871. The van der Waals surface area contributed by atoms with Crippen LogP contribution < -0.4 is 10.0 Å². The Kier molecular flexibility index (Phi) is 10.2. The molecule has 0 aromatic heterocycles. The first-order chi connectivity index (χ1) is 12.5. The van der Waals surface area contributed by atoms with Gasteiger partial charge in [0.15, 0.2) is 0 Å². The van der Waals surface area contributed by atoms with Crippen LogP contribution in [0, 0.1) is 12.8 Å². The summed E-state index contributed by atoms with van der Waals surface area (Å²) in [4.78, 5) is 16.9. The number of amides is 1. The van der Waals surface area contributed by atoms with Crippen LogP contribution in [0.1, 0.15) is 12.0 Å². The zero-order valence-electron chi connectivity index (χ0n) is 16.1. The highest BCUT2D eigenvalue weighted by molar-refractivity contribution is 7.89. The van der Waals surface area contributed by atoms with Crippen molar-refractivity contribution in [3.8, 4) is 0 Å². The van der Waals surface area contributed by atoms with Crippen LogP contribution in [0.2, 0.25) is 0 Å². The normalized spacial score (nSPS) is 20.3. The Morgan fingerprint density at radius 1 is 1.14 bits per heavy atom. The third kappa shape index (κ3) is 6.57. The summed E-state index contributed by atoms with van der Waals surface area (Å²) in [6, 6.07) is 6.84. The minimum Gasteiger partial charge on any atom is -0.340 e. The van der Waals surface area contributed by atoms with E-state index in [-0.39, 0.29) is 36.6 Å². The van der Waals surface area contributed by atoms with Gasteiger partial charge < -0.3 is 10.2 Å². The van der Waals surface area contributed by atoms with Crippen LogP contribution in [0.3, 0.4) is 0 Å². The van der Waals surface area contributed by atoms with Gasteiger partial charge in [-0.25, -0.2) is 13.1 Å². The third-order valence-electron chi connectivity index (χ3n) is 5.14. The average molecular weight is 453 g/mol. The lowest BCUT2D eigenvalue weighted by molar-refractivity contribution is -0.136. The van der Waals surface area contributed by atoms with E-state index in [1.54, 1.807) is 24.3 Å². The number of hydrogen-bond donors (Lipinski definition) is 2. The Morgan fingerprint density at radius 3 is 2.36 bits per heavy atom. The molecule has 7 nitrogen and oxygen atoms in total. The fourth-order valence-electron chi connectivity index (χ4n) is 3.45. The van der Waals surface area contributed by atoms with E-state index in [0.29, 0.717) is 18.0 Å². The van der Waals surface area contributed by atoms with Crippen LogP contribution in [0.4, 0.5) is 0 Å². The molecule has 2 aliphatic rings. The maximum atomic E-state index is 12.4. The second-order valence-corrected chi connectivity index (χ2v) is 8.83. The summed E-state index contributed by atoms with van der Waals surface area (Å²) in [5, 5.41) is 3.24. The number of halogens is 2. The van der Waals surface area contributed by atoms with Crippen molar-refractivity contribution in [2.45, 2.75) is 18.2 Å². The Hall–Kier alpha value is -0.900. The first kappa shape index (κ1) is 25.1. The monoisotopic (exact) mass is 452 g/mol. The van der Waals surface area contributed by atoms with E-state index < -0.39 is 10.0 Å². The molecule has 2 N–H and O–H groups in total. The number of carbonyl (C=O) groups excluding carboxylic acids is 1. The van der Waals surface area contributed by atoms with Crippen LogP contribution in [-0.2, 0) is 14.8 Å². The Morgan fingerprint density at radius 2 is 1.79 bits per heavy atom. The molecule has 0 radical (unpaired) electrons. The largest absolute Gasteiger partial charge is 0.340 e. The quantitative estimate of drug-likeness (QED) is 0.668. The van der Waals surface area contributed by atoms with Crippen molar-refractivity contribution in [2.24, 2.45) is 5.92 Å². The van der Waals surface area contributed by atoms with Crippen LogP contribution in [0.15, 0.2) is 29.2 Å². The lowest BCUT2D eigenvalue weighted by Crippen LogP contribution is -2.51. The van der Waals surface area contributed by atoms with Gasteiger partial charge in [-0.2, -0.15) is 0 Å². The van der Waals surface area contributed by atoms with Crippen molar-refractivity contribution in [1.29, 1.82) is 0 Å². The molecular formula is C18H30Cl2N4O3S. The molecule has 2 aliphatic heterocycles. The molecular weight excluding hydrogens is 423 g/mol. The lowest BCUT2D eigenvalue weighted by Gasteiger charge is -2.35. The summed E-state index contributed by atoms with van der Waals surface area (Å²) in [5.41, 5.74) is 1.03. The number of piperazine rings is 1. The van der Waals surface area contributed by atoms with Crippen molar-refractivity contribution in [3.05, 3.63) is 29.8 Å². The van der Waals surface area contributed by atoms with Crippen molar-refractivity contribution in [2.75, 3.05) is 52.4 Å². The number of hydrogen-bond acceptors (Lipinski definition) is 5. The van der Waals surface area contributed by atoms with Gasteiger partial charge in [0.1, 0.15) is 0 Å². The fourth-order valence-corrected chi connectivity index (χ4v) is 4.48. The number of benzene rings is 1. The van der Waals surface area contributed by atoms with Crippen molar-refractivity contribution >= 4 is 40.7 Å². The predicted molar refractivity (Wildman–Crippen MR) is 115 cm³/mol. The van der Waals surface area contributed by atoms with E-state index >= 15 is 0 Å². The van der Waals surface area contributed by atoms with Crippen LogP contribution >= 0.6 is 24.8 Å². The summed E-state index contributed by atoms with van der Waals surface area (Å²) >= 11 is 0. The summed E-state index contributed by atoms with van der Waals surface area (Å²) in [7, 11) is -3.46. The lowest BCUT2D eigenvalue weighted by atomic mass is 10.1. The van der Waals surface area contributed by atoms with E-state index in [0.717, 1.165) is 51.3 Å². The maximum Gasteiger partial charge on any atom is 0.240 e. The SMILES string of the molecule is Cc1ccc(S(=O)(=O)NCCN2CCN(C(=O)C3CCNC3)CC2)cc1.Cl.Cl. The number of nitrogens with zero attached hydrogens (tertiary/aromatic N) is 2. The molecule has 0 saturated carbocycles. The second kappa shape index (κ2) is 11.3. The number of rotatable bonds is 6. The van der Waals surface area contributed by atoms with Crippen LogP contribution in [0.25, 0.3) is 0 Å². The molecule has 2 heterocycles. The topological polar surface area (TPSA) is 81.8 Å². The van der Waals surface area contributed by atoms with Gasteiger partial charge in [-0.15, -0.1) is 24.8 Å². The number of sulfonamides is 1. The molecule has 1 aromatic carbocycles. The van der Waals surface area contributed by atoms with E-state index in [1.165, 1.54) is 0 Å². The Bertz CT molecular complexity index is 717. The highest BCUT2D eigenvalue weighted by Gasteiger charge is 2.29. The Balaban J connectivity index is 0.00000196. The van der Waals surface area contributed by atoms with Crippen LogP contribution in [-0.4, -0.2) is 76.5 Å². The van der Waals surface area contributed by atoms with Gasteiger partial charge in [-0.1, -0.05) is 17.7 Å². The molecule has 2 saturated heterocycles. The molecule has 2 fully saturated rings. The van der Waals surface area contributed by atoms with Gasteiger partial charge in [0.2, 0.25) is 15.9 Å². The molecule has 1 aromatic rings. The summed E-state index contributed by atoms with van der Waals surface area (Å²) < 4.78 is 27.2. The maximum absolute atomic E-state index is 12.4. The van der Waals surface area contributed by atoms with Gasteiger partial charge in [0.25, 0.3) is 0 Å². The minimum absolute atomic E-state index is 0. The molecule has 1 atom stereocenters. The van der Waals surface area contributed by atoms with Gasteiger partial charge in [0, 0.05) is 45.8 Å². The zero-order chi connectivity index (χ0) is 18.6. The molecule has 28 heavy (non-hydrogen) atoms. The number of nitrogens with one attached hydrogen (secondary N) is 2. The van der Waals surface area contributed by atoms with Crippen molar-refractivity contribution in [3.63, 3.8) is 0 Å². The molecule has 1 unspecified atom stereocenters. The smallest absolute Gasteiger partial charge is 0.240 e. The molecule has 10 heteroatoms. The van der Waals surface area contributed by atoms with Gasteiger partial charge in [-0.3, -0.25) is 9.69 Å². The van der Waals surface area contributed by atoms with E-state index in [9.17, 15) is 13.2 Å². The zero-order valence-corrected chi connectivity index (χ0v) is 18.5. The van der Waals surface area contributed by atoms with Crippen molar-refractivity contribution < 1.29 is 13.2 Å². The van der Waals surface area contributed by atoms with Crippen LogP contribution in [0.5, 0.6) is 0 Å². The minimum atomic E-state index is -3.46. The molecule has 1 amide bonds. The van der Waals surface area contributed by atoms with Gasteiger partial charge >= 0.3 is 0 Å². The molecule has 160 valence electrons.